The van der Waals surface area contributed by atoms with Crippen molar-refractivity contribution in [2.75, 3.05) is 4.90 Å². The number of halogens is 2. The third-order valence-corrected chi connectivity index (χ3v) is 6.38. The summed E-state index contributed by atoms with van der Waals surface area (Å²) in [6, 6.07) is 17.3. The van der Waals surface area contributed by atoms with Gasteiger partial charge in [-0.15, -0.1) is 0 Å². The Kier molecular flexibility index (Phi) is 3.64. The highest BCUT2D eigenvalue weighted by Gasteiger charge is 2.42. The number of benzene rings is 3. The quantitative estimate of drug-likeness (QED) is 0.368. The molecular weight excluding hydrogens is 406 g/mol. The second-order valence-electron chi connectivity index (χ2n) is 7.05. The molecule has 0 bridgehead atoms. The molecule has 2 aliphatic rings. The number of hydrogen-bond donors (Lipinski definition) is 0. The summed E-state index contributed by atoms with van der Waals surface area (Å²) >= 11 is 1.45. The summed E-state index contributed by atoms with van der Waals surface area (Å²) in [5, 5.41) is 1.30. The van der Waals surface area contributed by atoms with Crippen LogP contribution in [0.15, 0.2) is 85.8 Å². The van der Waals surface area contributed by atoms with E-state index in [1.54, 1.807) is 12.1 Å². The van der Waals surface area contributed by atoms with Gasteiger partial charge in [0.1, 0.15) is 17.2 Å². The number of thioether (sulfide) groups is 1. The zero-order valence-electron chi connectivity index (χ0n) is 15.3. The normalized spacial score (nSPS) is 16.8. The van der Waals surface area contributed by atoms with E-state index in [4.69, 9.17) is 9.41 Å². The number of para-hydroxylation sites is 2. The molecule has 3 aromatic carbocycles. The van der Waals surface area contributed by atoms with Crippen molar-refractivity contribution in [3.05, 3.63) is 99.9 Å². The Morgan fingerprint density at radius 3 is 2.67 bits per heavy atom. The van der Waals surface area contributed by atoms with Crippen LogP contribution in [0.2, 0.25) is 0 Å². The Morgan fingerprint density at radius 2 is 1.80 bits per heavy atom. The van der Waals surface area contributed by atoms with Gasteiger partial charge < -0.3 is 9.32 Å². The van der Waals surface area contributed by atoms with Crippen LogP contribution in [-0.2, 0) is 0 Å². The number of rotatable bonds is 1. The third-order valence-electron chi connectivity index (χ3n) is 5.35. The van der Waals surface area contributed by atoms with Crippen molar-refractivity contribution in [1.82, 2.24) is 0 Å². The standard InChI is InChI=1S/C23H12F2N2O2S/c24-12-9-10-13(15(25)11-12)21-19-20(14-5-1-3-7-17(14)29-22(19)28)26-23-27(21)16-6-2-4-8-18(16)30-23/h1-11,21H. The Hall–Kier alpha value is -3.45. The van der Waals surface area contributed by atoms with Gasteiger partial charge >= 0.3 is 5.63 Å². The molecule has 1 aromatic heterocycles. The molecule has 1 atom stereocenters. The fourth-order valence-electron chi connectivity index (χ4n) is 4.07. The fourth-order valence-corrected chi connectivity index (χ4v) is 5.12. The maximum Gasteiger partial charge on any atom is 0.344 e. The molecule has 6 rings (SSSR count). The second kappa shape index (κ2) is 6.27. The Bertz CT molecular complexity index is 1450. The van der Waals surface area contributed by atoms with Crippen molar-refractivity contribution in [3.63, 3.8) is 0 Å². The Balaban J connectivity index is 1.72. The number of aliphatic imine (C=N–C) groups is 1. The summed E-state index contributed by atoms with van der Waals surface area (Å²) in [6.45, 7) is 0. The van der Waals surface area contributed by atoms with Gasteiger partial charge in [0, 0.05) is 21.9 Å². The molecule has 2 aliphatic heterocycles. The molecule has 0 radical (unpaired) electrons. The minimum atomic E-state index is -0.829. The van der Waals surface area contributed by atoms with E-state index in [1.165, 1.54) is 23.9 Å². The number of anilines is 1. The molecule has 30 heavy (non-hydrogen) atoms. The Labute approximate surface area is 173 Å². The van der Waals surface area contributed by atoms with Crippen LogP contribution >= 0.6 is 11.8 Å². The molecule has 0 fully saturated rings. The lowest BCUT2D eigenvalue weighted by atomic mass is 9.94. The van der Waals surface area contributed by atoms with E-state index in [2.05, 4.69) is 0 Å². The van der Waals surface area contributed by atoms with Gasteiger partial charge in [-0.3, -0.25) is 0 Å². The van der Waals surface area contributed by atoms with Gasteiger partial charge in [-0.1, -0.05) is 30.3 Å². The number of hydrogen-bond acceptors (Lipinski definition) is 5. The summed E-state index contributed by atoms with van der Waals surface area (Å²) in [7, 11) is 0. The molecule has 0 amide bonds. The summed E-state index contributed by atoms with van der Waals surface area (Å²) in [5.74, 6) is -1.41. The van der Waals surface area contributed by atoms with Crippen LogP contribution in [0.5, 0.6) is 0 Å². The summed E-state index contributed by atoms with van der Waals surface area (Å²) in [6.07, 6.45) is 0. The lowest BCUT2D eigenvalue weighted by molar-refractivity contribution is 0.535. The minimum Gasteiger partial charge on any atom is -0.422 e. The van der Waals surface area contributed by atoms with Crippen LogP contribution in [0.25, 0.3) is 11.0 Å². The fraction of sp³-hybridized carbons (Fsp3) is 0.0435. The molecule has 0 saturated heterocycles. The first-order chi connectivity index (χ1) is 14.6. The van der Waals surface area contributed by atoms with Crippen molar-refractivity contribution in [1.29, 1.82) is 0 Å². The molecular formula is C23H12F2N2O2S. The highest BCUT2D eigenvalue weighted by molar-refractivity contribution is 8.14. The molecule has 3 heterocycles. The second-order valence-corrected chi connectivity index (χ2v) is 8.06. The highest BCUT2D eigenvalue weighted by Crippen LogP contribution is 2.52. The van der Waals surface area contributed by atoms with Gasteiger partial charge in [0.05, 0.1) is 23.0 Å². The lowest BCUT2D eigenvalue weighted by Gasteiger charge is -2.34. The number of nitrogens with zero attached hydrogens (tertiary/aromatic N) is 2. The molecule has 4 nitrogen and oxygen atoms in total. The minimum absolute atomic E-state index is 0.185. The first-order valence-electron chi connectivity index (χ1n) is 9.27. The first kappa shape index (κ1) is 17.4. The first-order valence-corrected chi connectivity index (χ1v) is 10.1. The maximum atomic E-state index is 15.0. The lowest BCUT2D eigenvalue weighted by Crippen LogP contribution is -2.37. The number of fused-ring (bicyclic) bond motifs is 6. The van der Waals surface area contributed by atoms with E-state index in [0.29, 0.717) is 21.8 Å². The van der Waals surface area contributed by atoms with Gasteiger partial charge in [0.2, 0.25) is 0 Å². The molecule has 0 N–H and O–H groups in total. The van der Waals surface area contributed by atoms with Gasteiger partial charge in [0.25, 0.3) is 0 Å². The van der Waals surface area contributed by atoms with Gasteiger partial charge in [-0.25, -0.2) is 18.6 Å². The van der Waals surface area contributed by atoms with Crippen molar-refractivity contribution >= 4 is 39.3 Å². The van der Waals surface area contributed by atoms with Crippen LogP contribution in [0.1, 0.15) is 17.2 Å². The Morgan fingerprint density at radius 1 is 1.00 bits per heavy atom. The molecule has 0 aliphatic carbocycles. The van der Waals surface area contributed by atoms with Gasteiger partial charge in [-0.05, 0) is 42.1 Å². The van der Waals surface area contributed by atoms with Crippen molar-refractivity contribution in [2.24, 2.45) is 4.99 Å². The molecule has 146 valence electrons. The van der Waals surface area contributed by atoms with Crippen LogP contribution in [0, 0.1) is 11.6 Å². The molecule has 0 spiro atoms. The van der Waals surface area contributed by atoms with Crippen LogP contribution in [0.3, 0.4) is 0 Å². The number of amidine groups is 1. The monoisotopic (exact) mass is 418 g/mol. The zero-order valence-corrected chi connectivity index (χ0v) is 16.1. The average Bonchev–Trinajstić information content (AvgIpc) is 3.11. The highest BCUT2D eigenvalue weighted by atomic mass is 32.2. The maximum absolute atomic E-state index is 15.0. The topological polar surface area (TPSA) is 45.8 Å². The molecule has 0 saturated carbocycles. The third kappa shape index (κ3) is 2.39. The average molecular weight is 418 g/mol. The predicted octanol–water partition coefficient (Wildman–Crippen LogP) is 5.77. The van der Waals surface area contributed by atoms with E-state index >= 15 is 0 Å². The van der Waals surface area contributed by atoms with Gasteiger partial charge in [0.15, 0.2) is 5.17 Å². The predicted molar refractivity (Wildman–Crippen MR) is 113 cm³/mol. The smallest absolute Gasteiger partial charge is 0.344 e. The van der Waals surface area contributed by atoms with E-state index in [-0.39, 0.29) is 11.1 Å². The van der Waals surface area contributed by atoms with E-state index in [1.807, 2.05) is 41.3 Å². The largest absolute Gasteiger partial charge is 0.422 e. The molecule has 4 aromatic rings. The van der Waals surface area contributed by atoms with E-state index < -0.39 is 23.3 Å². The summed E-state index contributed by atoms with van der Waals surface area (Å²) in [5.41, 5.74) is 1.52. The van der Waals surface area contributed by atoms with Crippen LogP contribution in [-0.4, -0.2) is 5.17 Å². The SMILES string of the molecule is O=c1oc2ccccc2c2c1C(c1ccc(F)cc1F)N1C(=N2)Sc2ccccc21. The van der Waals surface area contributed by atoms with E-state index in [9.17, 15) is 13.6 Å². The van der Waals surface area contributed by atoms with Crippen LogP contribution < -0.4 is 10.5 Å². The summed E-state index contributed by atoms with van der Waals surface area (Å²) < 4.78 is 34.2. The van der Waals surface area contributed by atoms with Crippen LogP contribution in [0.4, 0.5) is 20.2 Å². The van der Waals surface area contributed by atoms with Gasteiger partial charge in [-0.2, -0.15) is 0 Å². The zero-order chi connectivity index (χ0) is 20.4. The van der Waals surface area contributed by atoms with Crippen molar-refractivity contribution in [2.45, 2.75) is 10.9 Å². The molecule has 7 heteroatoms. The van der Waals surface area contributed by atoms with Crippen molar-refractivity contribution < 1.29 is 13.2 Å². The summed E-state index contributed by atoms with van der Waals surface area (Å²) in [4.78, 5) is 20.6. The van der Waals surface area contributed by atoms with Crippen molar-refractivity contribution in [3.8, 4) is 0 Å². The van der Waals surface area contributed by atoms with E-state index in [0.717, 1.165) is 16.6 Å². The molecule has 1 unspecified atom stereocenters.